The van der Waals surface area contributed by atoms with E-state index < -0.39 is 0 Å². The number of benzene rings is 3. The first kappa shape index (κ1) is 29.2. The molecule has 0 amide bonds. The number of halogens is 2. The van der Waals surface area contributed by atoms with Gasteiger partial charge in [0.2, 0.25) is 0 Å². The van der Waals surface area contributed by atoms with Gasteiger partial charge in [0.15, 0.2) is 0 Å². The van der Waals surface area contributed by atoms with Crippen molar-refractivity contribution in [2.45, 2.75) is 32.0 Å². The summed E-state index contributed by atoms with van der Waals surface area (Å²) in [5.74, 6) is 0.864. The standard InChI is InChI=1S/C36H34Cl2N4O/c1-43-34-12-10-32(11-13-34)42(25-27-15-19-40-36(23-27)29-4-8-31(38)9-5-29)33-16-20-41(21-17-33)24-26-14-18-39-35(22-26)28-2-6-30(37)7-3-28/h2-15,18-19,22-23,33H,16-17,20-21,24-25H2,1H3. The minimum atomic E-state index is 0.416. The van der Waals surface area contributed by atoms with Crippen LogP contribution in [-0.2, 0) is 13.1 Å². The molecule has 0 bridgehead atoms. The molecule has 218 valence electrons. The van der Waals surface area contributed by atoms with Crippen molar-refractivity contribution in [3.63, 3.8) is 0 Å². The predicted molar refractivity (Wildman–Crippen MR) is 177 cm³/mol. The van der Waals surface area contributed by atoms with Crippen LogP contribution in [0.1, 0.15) is 24.0 Å². The molecule has 2 aromatic heterocycles. The zero-order valence-corrected chi connectivity index (χ0v) is 25.7. The summed E-state index contributed by atoms with van der Waals surface area (Å²) in [4.78, 5) is 14.3. The maximum absolute atomic E-state index is 6.12. The van der Waals surface area contributed by atoms with Crippen molar-refractivity contribution >= 4 is 28.9 Å². The first-order chi connectivity index (χ1) is 21.0. The Bertz CT molecular complexity index is 1630. The summed E-state index contributed by atoms with van der Waals surface area (Å²) in [5, 5.41) is 1.46. The lowest BCUT2D eigenvalue weighted by atomic mass is 10.00. The molecule has 5 nitrogen and oxygen atoms in total. The van der Waals surface area contributed by atoms with Gasteiger partial charge < -0.3 is 9.64 Å². The van der Waals surface area contributed by atoms with Crippen molar-refractivity contribution in [1.82, 2.24) is 14.9 Å². The van der Waals surface area contributed by atoms with E-state index in [0.717, 1.165) is 77.3 Å². The number of likely N-dealkylation sites (tertiary alicyclic amines) is 1. The molecule has 0 N–H and O–H groups in total. The van der Waals surface area contributed by atoms with Crippen LogP contribution in [0.5, 0.6) is 5.75 Å². The number of hydrogen-bond acceptors (Lipinski definition) is 5. The first-order valence-corrected chi connectivity index (χ1v) is 15.3. The highest BCUT2D eigenvalue weighted by atomic mass is 35.5. The first-order valence-electron chi connectivity index (χ1n) is 14.6. The molecule has 7 heteroatoms. The van der Waals surface area contributed by atoms with Crippen LogP contribution in [0, 0.1) is 0 Å². The largest absolute Gasteiger partial charge is 0.497 e. The molecule has 0 unspecified atom stereocenters. The molecule has 0 aliphatic carbocycles. The quantitative estimate of drug-likeness (QED) is 0.167. The molecule has 1 aliphatic rings. The van der Waals surface area contributed by atoms with Crippen molar-refractivity contribution in [2.24, 2.45) is 0 Å². The Balaban J connectivity index is 1.16. The second-order valence-corrected chi connectivity index (χ2v) is 11.8. The molecule has 0 radical (unpaired) electrons. The highest BCUT2D eigenvalue weighted by Crippen LogP contribution is 2.30. The number of piperidine rings is 1. The number of pyridine rings is 2. The van der Waals surface area contributed by atoms with Crippen molar-refractivity contribution < 1.29 is 4.74 Å². The number of rotatable bonds is 9. The second-order valence-electron chi connectivity index (χ2n) is 10.9. The monoisotopic (exact) mass is 608 g/mol. The molecule has 1 aliphatic heterocycles. The molecule has 0 saturated carbocycles. The van der Waals surface area contributed by atoms with Gasteiger partial charge in [0, 0.05) is 71.5 Å². The van der Waals surface area contributed by atoms with Crippen LogP contribution in [0.25, 0.3) is 22.5 Å². The minimum Gasteiger partial charge on any atom is -0.497 e. The fraction of sp³-hybridized carbons (Fsp3) is 0.222. The maximum Gasteiger partial charge on any atom is 0.119 e. The molecule has 1 saturated heterocycles. The number of hydrogen-bond donors (Lipinski definition) is 0. The molecular formula is C36H34Cl2N4O. The third-order valence-electron chi connectivity index (χ3n) is 8.09. The van der Waals surface area contributed by atoms with Crippen LogP contribution >= 0.6 is 23.2 Å². The van der Waals surface area contributed by atoms with Crippen LogP contribution in [-0.4, -0.2) is 41.1 Å². The van der Waals surface area contributed by atoms with Crippen LogP contribution in [0.4, 0.5) is 5.69 Å². The van der Waals surface area contributed by atoms with Gasteiger partial charge in [-0.25, -0.2) is 0 Å². The topological polar surface area (TPSA) is 41.5 Å². The van der Waals surface area contributed by atoms with Crippen molar-refractivity contribution in [2.75, 3.05) is 25.1 Å². The number of methoxy groups -OCH3 is 1. The van der Waals surface area contributed by atoms with Gasteiger partial charge >= 0.3 is 0 Å². The minimum absolute atomic E-state index is 0.416. The number of anilines is 1. The molecule has 3 heterocycles. The van der Waals surface area contributed by atoms with Gasteiger partial charge in [-0.05, 0) is 96.8 Å². The smallest absolute Gasteiger partial charge is 0.119 e. The Kier molecular flexibility index (Phi) is 9.23. The summed E-state index contributed by atoms with van der Waals surface area (Å²) < 4.78 is 5.45. The van der Waals surface area contributed by atoms with E-state index >= 15 is 0 Å². The fourth-order valence-electron chi connectivity index (χ4n) is 5.75. The van der Waals surface area contributed by atoms with Gasteiger partial charge in [-0.3, -0.25) is 14.9 Å². The molecule has 0 atom stereocenters. The number of aromatic nitrogens is 2. The molecule has 0 spiro atoms. The van der Waals surface area contributed by atoms with E-state index in [2.05, 4.69) is 56.2 Å². The van der Waals surface area contributed by atoms with Gasteiger partial charge in [0.25, 0.3) is 0 Å². The van der Waals surface area contributed by atoms with Gasteiger partial charge in [0.1, 0.15) is 5.75 Å². The SMILES string of the molecule is COc1ccc(N(Cc2ccnc(-c3ccc(Cl)cc3)c2)C2CCN(Cc3ccnc(-c4ccc(Cl)cc4)c3)CC2)cc1. The Morgan fingerprint density at radius 2 is 1.26 bits per heavy atom. The third kappa shape index (κ3) is 7.37. The lowest BCUT2D eigenvalue weighted by molar-refractivity contribution is 0.201. The number of nitrogens with zero attached hydrogens (tertiary/aromatic N) is 4. The molecule has 43 heavy (non-hydrogen) atoms. The third-order valence-corrected chi connectivity index (χ3v) is 8.59. The zero-order chi connectivity index (χ0) is 29.6. The summed E-state index contributed by atoms with van der Waals surface area (Å²) in [5.41, 5.74) is 7.77. The zero-order valence-electron chi connectivity index (χ0n) is 24.2. The van der Waals surface area contributed by atoms with Crippen molar-refractivity contribution in [1.29, 1.82) is 0 Å². The average molecular weight is 610 g/mol. The van der Waals surface area contributed by atoms with Gasteiger partial charge in [-0.2, -0.15) is 0 Å². The van der Waals surface area contributed by atoms with E-state index in [4.69, 9.17) is 27.9 Å². The highest BCUT2D eigenvalue weighted by molar-refractivity contribution is 6.30. The Hall–Kier alpha value is -3.90. The summed E-state index contributed by atoms with van der Waals surface area (Å²) in [7, 11) is 1.71. The summed E-state index contributed by atoms with van der Waals surface area (Å²) >= 11 is 12.2. The van der Waals surface area contributed by atoms with Crippen LogP contribution in [0.2, 0.25) is 10.0 Å². The predicted octanol–water partition coefficient (Wildman–Crippen LogP) is 8.80. The second kappa shape index (κ2) is 13.6. The Labute approximate surface area is 263 Å². The molecule has 5 aromatic rings. The molecule has 1 fully saturated rings. The van der Waals surface area contributed by atoms with E-state index in [1.165, 1.54) is 16.8 Å². The van der Waals surface area contributed by atoms with Crippen LogP contribution < -0.4 is 9.64 Å². The van der Waals surface area contributed by atoms with E-state index in [9.17, 15) is 0 Å². The summed E-state index contributed by atoms with van der Waals surface area (Å²) in [6.07, 6.45) is 5.97. The molecule has 3 aromatic carbocycles. The summed E-state index contributed by atoms with van der Waals surface area (Å²) in [6.45, 7) is 3.77. The molecular weight excluding hydrogens is 575 g/mol. The van der Waals surface area contributed by atoms with Gasteiger partial charge in [-0.1, -0.05) is 47.5 Å². The Morgan fingerprint density at radius 1 is 0.721 bits per heavy atom. The van der Waals surface area contributed by atoms with Crippen LogP contribution in [0.3, 0.4) is 0 Å². The molecule has 6 rings (SSSR count). The average Bonchev–Trinajstić information content (AvgIpc) is 3.05. The normalized spacial score (nSPS) is 14.0. The van der Waals surface area contributed by atoms with E-state index in [1.54, 1.807) is 7.11 Å². The van der Waals surface area contributed by atoms with E-state index in [1.807, 2.05) is 73.1 Å². The highest BCUT2D eigenvalue weighted by Gasteiger charge is 2.25. The van der Waals surface area contributed by atoms with Crippen molar-refractivity contribution in [3.05, 3.63) is 131 Å². The van der Waals surface area contributed by atoms with E-state index in [0.29, 0.717) is 6.04 Å². The Morgan fingerprint density at radius 3 is 1.81 bits per heavy atom. The van der Waals surface area contributed by atoms with Crippen LogP contribution in [0.15, 0.2) is 109 Å². The van der Waals surface area contributed by atoms with Crippen molar-refractivity contribution in [3.8, 4) is 28.3 Å². The fourth-order valence-corrected chi connectivity index (χ4v) is 6.00. The maximum atomic E-state index is 6.12. The van der Waals surface area contributed by atoms with Gasteiger partial charge in [0.05, 0.1) is 18.5 Å². The van der Waals surface area contributed by atoms with Gasteiger partial charge in [-0.15, -0.1) is 0 Å². The number of ether oxygens (including phenoxy) is 1. The summed E-state index contributed by atoms with van der Waals surface area (Å²) in [6, 6.07) is 33.2. The lowest BCUT2D eigenvalue weighted by Gasteiger charge is -2.40. The van der Waals surface area contributed by atoms with E-state index in [-0.39, 0.29) is 0 Å². The lowest BCUT2D eigenvalue weighted by Crippen LogP contribution is -2.44.